The highest BCUT2D eigenvalue weighted by Gasteiger charge is 2.19. The lowest BCUT2D eigenvalue weighted by Gasteiger charge is -2.18. The van der Waals surface area contributed by atoms with Crippen LogP contribution in [0.2, 0.25) is 0 Å². The summed E-state index contributed by atoms with van der Waals surface area (Å²) in [6, 6.07) is 0. The number of hydrogen-bond donors (Lipinski definition) is 0. The Bertz CT molecular complexity index is 1550. The lowest BCUT2D eigenvalue weighted by atomic mass is 10.0. The minimum Gasteiger partial charge on any atom is -0.462 e. The van der Waals surface area contributed by atoms with Crippen molar-refractivity contribution in [2.45, 2.75) is 277 Å². The Labute approximate surface area is 456 Å². The highest BCUT2D eigenvalue weighted by atomic mass is 16.6. The Hall–Kier alpha value is -4.19. The maximum Gasteiger partial charge on any atom is 0.309 e. The lowest BCUT2D eigenvalue weighted by molar-refractivity contribution is -0.166. The fraction of sp³-hybridized carbons (Fsp3) is 0.662. The Balaban J connectivity index is 4.45. The maximum absolute atomic E-state index is 12.8. The monoisotopic (exact) mass is 1020 g/mol. The van der Waals surface area contributed by atoms with Gasteiger partial charge in [-0.3, -0.25) is 14.4 Å². The summed E-state index contributed by atoms with van der Waals surface area (Å²) in [4.78, 5) is 38.1. The Kier molecular flexibility index (Phi) is 57.9. The molecule has 1 unspecified atom stereocenters. The molecule has 74 heavy (non-hydrogen) atoms. The number of carbonyl (C=O) groups is 3. The summed E-state index contributed by atoms with van der Waals surface area (Å²) in [5, 5.41) is 0. The highest BCUT2D eigenvalue weighted by Crippen LogP contribution is 2.16. The number of ether oxygens (including phenoxy) is 3. The molecule has 0 saturated carbocycles. The topological polar surface area (TPSA) is 78.9 Å². The Morgan fingerprint density at radius 3 is 0.932 bits per heavy atom. The van der Waals surface area contributed by atoms with Crippen molar-refractivity contribution in [1.82, 2.24) is 0 Å². The third kappa shape index (κ3) is 58.7. The van der Waals surface area contributed by atoms with E-state index >= 15 is 0 Å². The normalized spacial score (nSPS) is 13.0. The van der Waals surface area contributed by atoms with Crippen molar-refractivity contribution < 1.29 is 28.6 Å². The first-order valence-corrected chi connectivity index (χ1v) is 30.5. The number of hydrogen-bond acceptors (Lipinski definition) is 6. The van der Waals surface area contributed by atoms with Crippen LogP contribution in [0.1, 0.15) is 271 Å². The van der Waals surface area contributed by atoms with E-state index in [1.165, 1.54) is 135 Å². The van der Waals surface area contributed by atoms with E-state index in [2.05, 4.69) is 130 Å². The SMILES string of the molecule is CC/C=C\C/C=C\C/C=C\C/C=C\C/C=C\CCCC(=O)OC(COC(=O)C/C=C\C/C=C\C/C=C\C/C=C\C/C=C\CC)COC(=O)CCCCCCCCCCCCCCCCCCCCCCCCCC. The molecule has 0 radical (unpaired) electrons. The quantitative estimate of drug-likeness (QED) is 0.0261. The van der Waals surface area contributed by atoms with E-state index in [0.717, 1.165) is 89.9 Å². The van der Waals surface area contributed by atoms with Gasteiger partial charge in [0, 0.05) is 12.8 Å². The molecule has 0 aromatic rings. The van der Waals surface area contributed by atoms with Gasteiger partial charge >= 0.3 is 17.9 Å². The van der Waals surface area contributed by atoms with E-state index in [9.17, 15) is 14.4 Å². The van der Waals surface area contributed by atoms with Gasteiger partial charge in [-0.05, 0) is 83.5 Å². The van der Waals surface area contributed by atoms with Gasteiger partial charge in [0.25, 0.3) is 0 Å². The van der Waals surface area contributed by atoms with Crippen molar-refractivity contribution in [3.63, 3.8) is 0 Å². The molecule has 6 heteroatoms. The van der Waals surface area contributed by atoms with E-state index < -0.39 is 18.0 Å². The van der Waals surface area contributed by atoms with Gasteiger partial charge in [0.2, 0.25) is 0 Å². The van der Waals surface area contributed by atoms with Gasteiger partial charge in [-0.1, -0.05) is 290 Å². The Morgan fingerprint density at radius 1 is 0.297 bits per heavy atom. The van der Waals surface area contributed by atoms with Gasteiger partial charge in [0.05, 0.1) is 6.42 Å². The molecule has 0 N–H and O–H groups in total. The third-order valence-electron chi connectivity index (χ3n) is 12.7. The van der Waals surface area contributed by atoms with Crippen LogP contribution in [0.15, 0.2) is 122 Å². The van der Waals surface area contributed by atoms with Crippen LogP contribution < -0.4 is 0 Å². The summed E-state index contributed by atoms with van der Waals surface area (Å²) >= 11 is 0. The molecule has 6 nitrogen and oxygen atoms in total. The second kappa shape index (κ2) is 61.4. The van der Waals surface area contributed by atoms with Gasteiger partial charge in [-0.2, -0.15) is 0 Å². The fourth-order valence-electron chi connectivity index (χ4n) is 8.26. The molecule has 0 aromatic carbocycles. The zero-order valence-corrected chi connectivity index (χ0v) is 48.1. The molecule has 420 valence electrons. The Morgan fingerprint density at radius 2 is 0.581 bits per heavy atom. The average molecular weight is 1030 g/mol. The third-order valence-corrected chi connectivity index (χ3v) is 12.7. The van der Waals surface area contributed by atoms with Crippen molar-refractivity contribution in [3.05, 3.63) is 122 Å². The standard InChI is InChI=1S/C68H112O6/c1-4-7-10-13-16-19-22-25-28-30-31-32-33-34-35-36-38-40-43-46-49-52-55-58-61-67(70)73-64-65(63-72-66(69)60-57-54-51-48-45-42-39-27-24-21-18-15-12-9-6-3)74-68(71)62-59-56-53-50-47-44-41-37-29-26-23-20-17-14-11-8-5-2/h8-9,11-12,17-18,20-21,26-27,29,39,41,44-45,48,50,53-54,57,65H,4-7,10,13-16,19,22-25,28,30-38,40,42-43,46-47,49,51-52,55-56,58-64H2,1-3H3/b11-8-,12-9-,20-17-,21-18-,29-26-,39-27-,44-41-,48-45-,53-50-,57-54-. The zero-order chi connectivity index (χ0) is 53.6. The molecule has 0 bridgehead atoms. The summed E-state index contributed by atoms with van der Waals surface area (Å²) in [5.41, 5.74) is 0. The first-order chi connectivity index (χ1) is 36.5. The predicted molar refractivity (Wildman–Crippen MR) is 320 cm³/mol. The summed E-state index contributed by atoms with van der Waals surface area (Å²) in [6.45, 7) is 6.29. The smallest absolute Gasteiger partial charge is 0.309 e. The predicted octanol–water partition coefficient (Wildman–Crippen LogP) is 20.8. The summed E-state index contributed by atoms with van der Waals surface area (Å²) in [7, 11) is 0. The first kappa shape index (κ1) is 69.8. The molecule has 0 aromatic heterocycles. The summed E-state index contributed by atoms with van der Waals surface area (Å²) in [5.74, 6) is -1.12. The van der Waals surface area contributed by atoms with Gasteiger partial charge in [-0.15, -0.1) is 0 Å². The molecular formula is C68H112O6. The maximum atomic E-state index is 12.8. The number of unbranched alkanes of at least 4 members (excludes halogenated alkanes) is 24. The summed E-state index contributed by atoms with van der Waals surface area (Å²) < 4.78 is 16.7. The molecule has 0 aliphatic rings. The minimum absolute atomic E-state index is 0.112. The zero-order valence-electron chi connectivity index (χ0n) is 48.1. The number of esters is 3. The first-order valence-electron chi connectivity index (χ1n) is 30.5. The second-order valence-electron chi connectivity index (χ2n) is 19.9. The molecule has 0 aliphatic heterocycles. The van der Waals surface area contributed by atoms with Gasteiger partial charge < -0.3 is 14.2 Å². The largest absolute Gasteiger partial charge is 0.462 e. The molecule has 0 spiro atoms. The van der Waals surface area contributed by atoms with Crippen LogP contribution in [-0.2, 0) is 28.6 Å². The van der Waals surface area contributed by atoms with Crippen LogP contribution in [0.4, 0.5) is 0 Å². The van der Waals surface area contributed by atoms with Crippen molar-refractivity contribution >= 4 is 17.9 Å². The fourth-order valence-corrected chi connectivity index (χ4v) is 8.26. The lowest BCUT2D eigenvalue weighted by Crippen LogP contribution is -2.30. The van der Waals surface area contributed by atoms with E-state index in [0.29, 0.717) is 12.8 Å². The minimum atomic E-state index is -0.850. The molecule has 0 rings (SSSR count). The van der Waals surface area contributed by atoms with Crippen LogP contribution in [-0.4, -0.2) is 37.2 Å². The van der Waals surface area contributed by atoms with Crippen molar-refractivity contribution in [3.8, 4) is 0 Å². The van der Waals surface area contributed by atoms with E-state index in [1.54, 1.807) is 6.08 Å². The molecule has 0 saturated heterocycles. The molecule has 0 aliphatic carbocycles. The van der Waals surface area contributed by atoms with E-state index in [-0.39, 0.29) is 32.0 Å². The van der Waals surface area contributed by atoms with Crippen molar-refractivity contribution in [2.24, 2.45) is 0 Å². The molecule has 1 atom stereocenters. The van der Waals surface area contributed by atoms with Crippen molar-refractivity contribution in [2.75, 3.05) is 13.2 Å². The van der Waals surface area contributed by atoms with E-state index in [4.69, 9.17) is 14.2 Å². The van der Waals surface area contributed by atoms with E-state index in [1.807, 2.05) is 6.08 Å². The van der Waals surface area contributed by atoms with Crippen LogP contribution in [0.5, 0.6) is 0 Å². The van der Waals surface area contributed by atoms with Crippen molar-refractivity contribution in [1.29, 1.82) is 0 Å². The molecule has 0 amide bonds. The summed E-state index contributed by atoms with van der Waals surface area (Å²) in [6.07, 6.45) is 85.3. The van der Waals surface area contributed by atoms with Crippen LogP contribution >= 0.6 is 0 Å². The van der Waals surface area contributed by atoms with Gasteiger partial charge in [0.15, 0.2) is 6.10 Å². The number of allylic oxidation sites excluding steroid dienone is 19. The van der Waals surface area contributed by atoms with Gasteiger partial charge in [0.1, 0.15) is 13.2 Å². The average Bonchev–Trinajstić information content (AvgIpc) is 3.40. The van der Waals surface area contributed by atoms with Gasteiger partial charge in [-0.25, -0.2) is 0 Å². The van der Waals surface area contributed by atoms with Crippen LogP contribution in [0.25, 0.3) is 0 Å². The number of carbonyl (C=O) groups excluding carboxylic acids is 3. The van der Waals surface area contributed by atoms with Crippen LogP contribution in [0.3, 0.4) is 0 Å². The molecular weight excluding hydrogens is 913 g/mol. The molecule has 0 fully saturated rings. The molecule has 0 heterocycles. The second-order valence-corrected chi connectivity index (χ2v) is 19.9. The highest BCUT2D eigenvalue weighted by molar-refractivity contribution is 5.72. The van der Waals surface area contributed by atoms with Crippen LogP contribution in [0, 0.1) is 0 Å². The number of rotatable bonds is 54.